The summed E-state index contributed by atoms with van der Waals surface area (Å²) in [6.45, 7) is 0. The fourth-order valence-corrected chi connectivity index (χ4v) is 1.24. The molecule has 1 heterocycles. The largest absolute Gasteiger partial charge is 0.476 e. The molecule has 6 heteroatoms. The number of carbonyl (C=O) groups excluding carboxylic acids is 1. The van der Waals surface area contributed by atoms with Crippen LogP contribution in [0.4, 0.5) is 0 Å². The number of carbonyl (C=O) groups is 2. The molecule has 0 saturated carbocycles. The van der Waals surface area contributed by atoms with Gasteiger partial charge in [0.1, 0.15) is 4.88 Å². The van der Waals surface area contributed by atoms with Gasteiger partial charge in [-0.15, -0.1) is 11.3 Å². The zero-order valence-corrected chi connectivity index (χ0v) is 6.92. The minimum Gasteiger partial charge on any atom is -0.476 e. The van der Waals surface area contributed by atoms with Gasteiger partial charge >= 0.3 is 11.9 Å². The Kier molecular flexibility index (Phi) is 2.39. The lowest BCUT2D eigenvalue weighted by Crippen LogP contribution is -1.97. The molecule has 1 aromatic heterocycles. The van der Waals surface area contributed by atoms with Crippen LogP contribution in [0.15, 0.2) is 6.20 Å². The number of ether oxygens (including phenoxy) is 1. The van der Waals surface area contributed by atoms with Crippen molar-refractivity contribution in [1.29, 1.82) is 0 Å². The minimum absolute atomic E-state index is 0.115. The number of nitrogens with zero attached hydrogens (tertiary/aromatic N) is 1. The number of carboxylic acid groups (broad SMARTS) is 1. The van der Waals surface area contributed by atoms with Gasteiger partial charge in [0.05, 0.1) is 13.3 Å². The van der Waals surface area contributed by atoms with E-state index >= 15 is 0 Å². The van der Waals surface area contributed by atoms with Gasteiger partial charge in [0.25, 0.3) is 0 Å². The molecule has 1 rings (SSSR count). The van der Waals surface area contributed by atoms with Crippen LogP contribution in [0.1, 0.15) is 19.5 Å². The maximum atomic E-state index is 10.8. The number of aromatic carboxylic acids is 1. The second kappa shape index (κ2) is 3.31. The molecule has 0 aliphatic rings. The number of thiazole rings is 1. The third kappa shape index (κ3) is 1.59. The Bertz CT molecular complexity index is 319. The second-order valence-corrected chi connectivity index (χ2v) is 2.86. The summed E-state index contributed by atoms with van der Waals surface area (Å²) in [5.41, 5.74) is 0. The molecular weight excluding hydrogens is 182 g/mol. The molecule has 0 spiro atoms. The van der Waals surface area contributed by atoms with Crippen LogP contribution < -0.4 is 0 Å². The van der Waals surface area contributed by atoms with Crippen molar-refractivity contribution in [3.05, 3.63) is 16.1 Å². The summed E-state index contributed by atoms with van der Waals surface area (Å²) in [5, 5.41) is 8.33. The Morgan fingerprint density at radius 3 is 2.75 bits per heavy atom. The highest BCUT2D eigenvalue weighted by Crippen LogP contribution is 2.13. The molecule has 0 amide bonds. The van der Waals surface area contributed by atoms with E-state index in [0.29, 0.717) is 0 Å². The van der Waals surface area contributed by atoms with Gasteiger partial charge in [-0.25, -0.2) is 14.6 Å². The zero-order valence-electron chi connectivity index (χ0n) is 6.10. The predicted molar refractivity (Wildman–Crippen MR) is 40.4 cm³/mol. The first-order chi connectivity index (χ1) is 5.65. The molecule has 64 valence electrons. The number of hydrogen-bond acceptors (Lipinski definition) is 5. The Morgan fingerprint density at radius 2 is 2.33 bits per heavy atom. The highest BCUT2D eigenvalue weighted by atomic mass is 32.1. The van der Waals surface area contributed by atoms with E-state index in [0.717, 1.165) is 11.3 Å². The van der Waals surface area contributed by atoms with Crippen LogP contribution >= 0.6 is 11.3 Å². The fraction of sp³-hybridized carbons (Fsp3) is 0.167. The van der Waals surface area contributed by atoms with Gasteiger partial charge < -0.3 is 9.84 Å². The third-order valence-corrected chi connectivity index (χ3v) is 2.04. The van der Waals surface area contributed by atoms with Crippen molar-refractivity contribution >= 4 is 23.3 Å². The molecule has 0 saturated heterocycles. The Morgan fingerprint density at radius 1 is 1.67 bits per heavy atom. The van der Waals surface area contributed by atoms with Crippen LogP contribution in [0.3, 0.4) is 0 Å². The summed E-state index contributed by atoms with van der Waals surface area (Å²) in [4.78, 5) is 24.8. The molecule has 5 nitrogen and oxygen atoms in total. The van der Waals surface area contributed by atoms with E-state index in [1.807, 2.05) is 0 Å². The van der Waals surface area contributed by atoms with E-state index in [4.69, 9.17) is 5.11 Å². The van der Waals surface area contributed by atoms with Crippen molar-refractivity contribution < 1.29 is 19.4 Å². The van der Waals surface area contributed by atoms with Gasteiger partial charge in [0, 0.05) is 0 Å². The smallest absolute Gasteiger partial charge is 0.365 e. The van der Waals surface area contributed by atoms with E-state index in [1.54, 1.807) is 0 Å². The maximum Gasteiger partial charge on any atom is 0.365 e. The van der Waals surface area contributed by atoms with Gasteiger partial charge in [-0.3, -0.25) is 0 Å². The van der Waals surface area contributed by atoms with E-state index in [9.17, 15) is 9.59 Å². The summed E-state index contributed by atoms with van der Waals surface area (Å²) in [7, 11) is 1.22. The standard InChI is InChI=1S/C6H5NO4S/c1-11-6(10)3-2-7-4(12-3)5(8)9/h2H,1H3,(H,8,9). The molecule has 0 aliphatic carbocycles. The number of hydrogen-bond donors (Lipinski definition) is 1. The maximum absolute atomic E-state index is 10.8. The van der Waals surface area contributed by atoms with E-state index in [1.165, 1.54) is 13.3 Å². The molecule has 0 radical (unpaired) electrons. The number of aromatic nitrogens is 1. The lowest BCUT2D eigenvalue weighted by molar-refractivity contribution is 0.0605. The third-order valence-electron chi connectivity index (χ3n) is 1.08. The summed E-state index contributed by atoms with van der Waals surface area (Å²) in [6.07, 6.45) is 1.18. The van der Waals surface area contributed by atoms with Crippen molar-refractivity contribution in [2.75, 3.05) is 7.11 Å². The topological polar surface area (TPSA) is 76.5 Å². The van der Waals surface area contributed by atoms with Crippen molar-refractivity contribution in [2.24, 2.45) is 0 Å². The molecular formula is C6H5NO4S. The molecule has 0 fully saturated rings. The SMILES string of the molecule is COC(=O)c1cnc(C(=O)O)s1. The molecule has 0 aliphatic heterocycles. The summed E-state index contributed by atoms with van der Waals surface area (Å²) in [5.74, 6) is -1.71. The van der Waals surface area contributed by atoms with E-state index in [2.05, 4.69) is 9.72 Å². The van der Waals surface area contributed by atoms with Gasteiger partial charge in [0.2, 0.25) is 5.01 Å². The lowest BCUT2D eigenvalue weighted by atomic mass is 10.6. The second-order valence-electron chi connectivity index (χ2n) is 1.83. The van der Waals surface area contributed by atoms with Crippen LogP contribution in [-0.2, 0) is 4.74 Å². The van der Waals surface area contributed by atoms with Crippen LogP contribution in [0.25, 0.3) is 0 Å². The van der Waals surface area contributed by atoms with Crippen LogP contribution in [-0.4, -0.2) is 29.1 Å². The van der Waals surface area contributed by atoms with Crippen LogP contribution in [0.5, 0.6) is 0 Å². The first-order valence-corrected chi connectivity index (χ1v) is 3.74. The molecule has 1 aromatic rings. The van der Waals surface area contributed by atoms with Gasteiger partial charge in [-0.05, 0) is 0 Å². The quantitative estimate of drug-likeness (QED) is 0.687. The number of esters is 1. The van der Waals surface area contributed by atoms with Crippen molar-refractivity contribution in [2.45, 2.75) is 0 Å². The predicted octanol–water partition coefficient (Wildman–Crippen LogP) is 0.628. The van der Waals surface area contributed by atoms with Crippen molar-refractivity contribution in [3.8, 4) is 0 Å². The van der Waals surface area contributed by atoms with Gasteiger partial charge in [-0.1, -0.05) is 0 Å². The highest BCUT2D eigenvalue weighted by molar-refractivity contribution is 7.15. The Hall–Kier alpha value is -1.43. The lowest BCUT2D eigenvalue weighted by Gasteiger charge is -1.89. The van der Waals surface area contributed by atoms with Gasteiger partial charge in [0.15, 0.2) is 0 Å². The summed E-state index contributed by atoms with van der Waals surface area (Å²) in [6, 6.07) is 0. The summed E-state index contributed by atoms with van der Waals surface area (Å²) < 4.78 is 4.37. The van der Waals surface area contributed by atoms with Crippen LogP contribution in [0.2, 0.25) is 0 Å². The van der Waals surface area contributed by atoms with Crippen molar-refractivity contribution in [3.63, 3.8) is 0 Å². The normalized spacial score (nSPS) is 9.42. The zero-order chi connectivity index (χ0) is 9.14. The monoisotopic (exact) mass is 187 g/mol. The first kappa shape index (κ1) is 8.66. The Balaban J connectivity index is 2.91. The number of carboxylic acids is 1. The average molecular weight is 187 g/mol. The number of methoxy groups -OCH3 is 1. The average Bonchev–Trinajstić information content (AvgIpc) is 2.51. The van der Waals surface area contributed by atoms with Gasteiger partial charge in [-0.2, -0.15) is 0 Å². The molecule has 0 aromatic carbocycles. The van der Waals surface area contributed by atoms with E-state index in [-0.39, 0.29) is 9.88 Å². The van der Waals surface area contributed by atoms with E-state index < -0.39 is 11.9 Å². The number of rotatable bonds is 2. The van der Waals surface area contributed by atoms with Crippen molar-refractivity contribution in [1.82, 2.24) is 4.98 Å². The van der Waals surface area contributed by atoms with Crippen LogP contribution in [0, 0.1) is 0 Å². The molecule has 0 atom stereocenters. The fourth-order valence-electron chi connectivity index (χ4n) is 0.568. The molecule has 1 N–H and O–H groups in total. The summed E-state index contributed by atoms with van der Waals surface area (Å²) >= 11 is 0.788. The molecule has 12 heavy (non-hydrogen) atoms. The molecule has 0 unspecified atom stereocenters. The molecule has 0 bridgehead atoms. The minimum atomic E-state index is -1.14. The highest BCUT2D eigenvalue weighted by Gasteiger charge is 2.13. The Labute approximate surface area is 71.6 Å². The first-order valence-electron chi connectivity index (χ1n) is 2.92.